The minimum Gasteiger partial charge on any atom is -0.493 e. The van der Waals surface area contributed by atoms with Crippen LogP contribution in [0, 0.1) is 0 Å². The van der Waals surface area contributed by atoms with Crippen molar-refractivity contribution in [1.82, 2.24) is 0 Å². The zero-order valence-corrected chi connectivity index (χ0v) is 18.6. The first kappa shape index (κ1) is 21.5. The van der Waals surface area contributed by atoms with Crippen molar-refractivity contribution >= 4 is 23.4 Å². The summed E-state index contributed by atoms with van der Waals surface area (Å²) in [7, 11) is 3.20. The van der Waals surface area contributed by atoms with E-state index in [1.165, 1.54) is 0 Å². The van der Waals surface area contributed by atoms with Crippen LogP contribution in [0.1, 0.15) is 30.5 Å². The molecule has 3 aromatic carbocycles. The van der Waals surface area contributed by atoms with Crippen LogP contribution < -0.4 is 19.7 Å². The Hall–Kier alpha value is -3.73. The fourth-order valence-corrected chi connectivity index (χ4v) is 4.22. The molecule has 1 aliphatic rings. The second-order valence-electron chi connectivity index (χ2n) is 7.86. The van der Waals surface area contributed by atoms with Crippen molar-refractivity contribution in [2.75, 3.05) is 24.4 Å². The van der Waals surface area contributed by atoms with E-state index in [-0.39, 0.29) is 18.0 Å². The SMILES string of the molecule is COc1ccc(C=CC(=O)N2c3ccccc3[C@H](Nc3ccccc3)C[C@@H]2C)cc1OC. The van der Waals surface area contributed by atoms with Gasteiger partial charge in [0.2, 0.25) is 0 Å². The van der Waals surface area contributed by atoms with Gasteiger partial charge < -0.3 is 19.7 Å². The van der Waals surface area contributed by atoms with E-state index in [2.05, 4.69) is 30.4 Å². The van der Waals surface area contributed by atoms with Crippen molar-refractivity contribution in [2.45, 2.75) is 25.4 Å². The van der Waals surface area contributed by atoms with Crippen LogP contribution in [0.15, 0.2) is 78.9 Å². The van der Waals surface area contributed by atoms with Crippen LogP contribution in [0.2, 0.25) is 0 Å². The molecule has 0 saturated heterocycles. The summed E-state index contributed by atoms with van der Waals surface area (Å²) in [6.07, 6.45) is 4.26. The van der Waals surface area contributed by atoms with Gasteiger partial charge in [-0.3, -0.25) is 4.79 Å². The number of fused-ring (bicyclic) bond motifs is 1. The monoisotopic (exact) mass is 428 g/mol. The minimum absolute atomic E-state index is 0.0436. The standard InChI is InChI=1S/C27H28N2O3/c1-19-17-23(28-21-9-5-4-6-10-21)22-11-7-8-12-24(22)29(19)27(30)16-14-20-13-15-25(31-2)26(18-20)32-3/h4-16,18-19,23,28H,17H2,1-3H3/t19-,23+/m0/s1. The van der Waals surface area contributed by atoms with Gasteiger partial charge in [0, 0.05) is 23.5 Å². The van der Waals surface area contributed by atoms with Gasteiger partial charge in [0.25, 0.3) is 5.91 Å². The molecule has 1 N–H and O–H groups in total. The first-order valence-electron chi connectivity index (χ1n) is 10.7. The molecule has 1 amide bonds. The summed E-state index contributed by atoms with van der Waals surface area (Å²) < 4.78 is 10.7. The first-order chi connectivity index (χ1) is 15.6. The molecular formula is C27H28N2O3. The van der Waals surface area contributed by atoms with Gasteiger partial charge in [0.15, 0.2) is 11.5 Å². The van der Waals surface area contributed by atoms with Crippen LogP contribution in [0.3, 0.4) is 0 Å². The molecule has 0 spiro atoms. The minimum atomic E-state index is -0.0436. The molecule has 0 aromatic heterocycles. The summed E-state index contributed by atoms with van der Waals surface area (Å²) in [5.41, 5.74) is 4.02. The van der Waals surface area contributed by atoms with Crippen LogP contribution in [0.5, 0.6) is 11.5 Å². The third-order valence-electron chi connectivity index (χ3n) is 5.77. The number of hydrogen-bond donors (Lipinski definition) is 1. The second kappa shape index (κ2) is 9.60. The van der Waals surface area contributed by atoms with Crippen molar-refractivity contribution in [2.24, 2.45) is 0 Å². The Labute approximate surface area is 189 Å². The Kier molecular flexibility index (Phi) is 6.45. The van der Waals surface area contributed by atoms with E-state index in [0.717, 1.165) is 28.9 Å². The molecule has 0 saturated carbocycles. The molecule has 0 bridgehead atoms. The molecule has 0 unspecified atom stereocenters. The fraction of sp³-hybridized carbons (Fsp3) is 0.222. The lowest BCUT2D eigenvalue weighted by atomic mass is 9.91. The molecule has 1 heterocycles. The lowest BCUT2D eigenvalue weighted by molar-refractivity contribution is -0.114. The topological polar surface area (TPSA) is 50.8 Å². The lowest BCUT2D eigenvalue weighted by Gasteiger charge is -2.39. The van der Waals surface area contributed by atoms with Crippen molar-refractivity contribution < 1.29 is 14.3 Å². The number of hydrogen-bond acceptors (Lipinski definition) is 4. The van der Waals surface area contributed by atoms with Crippen LogP contribution in [0.4, 0.5) is 11.4 Å². The van der Waals surface area contributed by atoms with Crippen molar-refractivity contribution in [1.29, 1.82) is 0 Å². The maximum Gasteiger partial charge on any atom is 0.251 e. The smallest absolute Gasteiger partial charge is 0.251 e. The molecule has 164 valence electrons. The normalized spacial score (nSPS) is 17.7. The molecule has 0 radical (unpaired) electrons. The van der Waals surface area contributed by atoms with Gasteiger partial charge in [-0.1, -0.05) is 42.5 Å². The number of anilines is 2. The summed E-state index contributed by atoms with van der Waals surface area (Å²) >= 11 is 0. The molecule has 2 atom stereocenters. The summed E-state index contributed by atoms with van der Waals surface area (Å²) in [6.45, 7) is 2.10. The van der Waals surface area contributed by atoms with Gasteiger partial charge in [0.05, 0.1) is 20.3 Å². The van der Waals surface area contributed by atoms with E-state index in [1.54, 1.807) is 20.3 Å². The number of nitrogens with one attached hydrogen (secondary N) is 1. The molecule has 1 aliphatic heterocycles. The summed E-state index contributed by atoms with van der Waals surface area (Å²) in [6, 6.07) is 24.1. The number of carbonyl (C=O) groups excluding carboxylic acids is 1. The number of ether oxygens (including phenoxy) is 2. The first-order valence-corrected chi connectivity index (χ1v) is 10.7. The van der Waals surface area contributed by atoms with Crippen molar-refractivity contribution in [3.63, 3.8) is 0 Å². The highest BCUT2D eigenvalue weighted by atomic mass is 16.5. The molecule has 32 heavy (non-hydrogen) atoms. The number of amides is 1. The number of rotatable bonds is 6. The second-order valence-corrected chi connectivity index (χ2v) is 7.86. The molecule has 0 aliphatic carbocycles. The average Bonchev–Trinajstić information content (AvgIpc) is 2.83. The average molecular weight is 429 g/mol. The lowest BCUT2D eigenvalue weighted by Crippen LogP contribution is -2.43. The zero-order chi connectivity index (χ0) is 22.5. The Bertz CT molecular complexity index is 1110. The fourth-order valence-electron chi connectivity index (χ4n) is 4.22. The Morgan fingerprint density at radius 2 is 1.69 bits per heavy atom. The molecule has 0 fully saturated rings. The van der Waals surface area contributed by atoms with Gasteiger partial charge in [-0.2, -0.15) is 0 Å². The van der Waals surface area contributed by atoms with Gasteiger partial charge in [-0.25, -0.2) is 0 Å². The number of para-hydroxylation sites is 2. The predicted molar refractivity (Wildman–Crippen MR) is 129 cm³/mol. The van der Waals surface area contributed by atoms with Crippen molar-refractivity contribution in [3.8, 4) is 11.5 Å². The van der Waals surface area contributed by atoms with Gasteiger partial charge in [0.1, 0.15) is 0 Å². The van der Waals surface area contributed by atoms with E-state index in [0.29, 0.717) is 11.5 Å². The summed E-state index contributed by atoms with van der Waals surface area (Å²) in [5, 5.41) is 3.63. The highest BCUT2D eigenvalue weighted by Crippen LogP contribution is 2.39. The highest BCUT2D eigenvalue weighted by molar-refractivity contribution is 6.05. The maximum absolute atomic E-state index is 13.2. The van der Waals surface area contributed by atoms with E-state index >= 15 is 0 Å². The maximum atomic E-state index is 13.2. The molecule has 5 heteroatoms. The van der Waals surface area contributed by atoms with E-state index in [1.807, 2.05) is 65.6 Å². The van der Waals surface area contributed by atoms with Crippen LogP contribution in [-0.2, 0) is 4.79 Å². The Morgan fingerprint density at radius 3 is 2.44 bits per heavy atom. The van der Waals surface area contributed by atoms with Crippen molar-refractivity contribution in [3.05, 3.63) is 90.0 Å². The molecule has 3 aromatic rings. The largest absolute Gasteiger partial charge is 0.493 e. The quantitative estimate of drug-likeness (QED) is 0.512. The Balaban J connectivity index is 1.58. The third kappa shape index (κ3) is 4.47. The van der Waals surface area contributed by atoms with Crippen LogP contribution >= 0.6 is 0 Å². The summed E-state index contributed by atoms with van der Waals surface area (Å²) in [4.78, 5) is 15.1. The van der Waals surface area contributed by atoms with Gasteiger partial charge in [-0.15, -0.1) is 0 Å². The van der Waals surface area contributed by atoms with Crippen LogP contribution in [0.25, 0.3) is 6.08 Å². The number of methoxy groups -OCH3 is 2. The number of nitrogens with zero attached hydrogens (tertiary/aromatic N) is 1. The van der Waals surface area contributed by atoms with Gasteiger partial charge >= 0.3 is 0 Å². The van der Waals surface area contributed by atoms with E-state index < -0.39 is 0 Å². The predicted octanol–water partition coefficient (Wildman–Crippen LogP) is 5.70. The third-order valence-corrected chi connectivity index (χ3v) is 5.77. The molecular weight excluding hydrogens is 400 g/mol. The van der Waals surface area contributed by atoms with E-state index in [4.69, 9.17) is 9.47 Å². The van der Waals surface area contributed by atoms with Crippen LogP contribution in [-0.4, -0.2) is 26.2 Å². The molecule has 5 nitrogen and oxygen atoms in total. The molecule has 4 rings (SSSR count). The Morgan fingerprint density at radius 1 is 0.969 bits per heavy atom. The van der Waals surface area contributed by atoms with E-state index in [9.17, 15) is 4.79 Å². The van der Waals surface area contributed by atoms with Gasteiger partial charge in [-0.05, 0) is 60.9 Å². The number of carbonyl (C=O) groups is 1. The zero-order valence-electron chi connectivity index (χ0n) is 18.6. The highest BCUT2D eigenvalue weighted by Gasteiger charge is 2.32. The summed E-state index contributed by atoms with van der Waals surface area (Å²) in [5.74, 6) is 1.25. The number of benzene rings is 3.